The topological polar surface area (TPSA) is 84.2 Å². The largest absolute Gasteiger partial charge is 0.397 e. The zero-order valence-corrected chi connectivity index (χ0v) is 11.7. The molecule has 5 nitrogen and oxygen atoms in total. The van der Waals surface area contributed by atoms with Crippen LogP contribution in [-0.2, 0) is 10.0 Å². The van der Waals surface area contributed by atoms with Gasteiger partial charge in [0.1, 0.15) is 0 Å². The second-order valence-corrected chi connectivity index (χ2v) is 5.98. The van der Waals surface area contributed by atoms with Crippen LogP contribution in [0.2, 0.25) is 0 Å². The number of nitrogens with one attached hydrogen (secondary N) is 2. The van der Waals surface area contributed by atoms with Crippen molar-refractivity contribution in [3.63, 3.8) is 0 Å². The first-order valence-corrected chi connectivity index (χ1v) is 7.56. The summed E-state index contributed by atoms with van der Waals surface area (Å²) in [5.41, 5.74) is 7.04. The Morgan fingerprint density at radius 2 is 2.00 bits per heavy atom. The Bertz CT molecular complexity index is 486. The zero-order chi connectivity index (χ0) is 13.6. The molecule has 0 saturated heterocycles. The Labute approximate surface area is 109 Å². The van der Waals surface area contributed by atoms with Crippen LogP contribution in [0, 0.1) is 0 Å². The van der Waals surface area contributed by atoms with Crippen LogP contribution in [0.5, 0.6) is 0 Å². The van der Waals surface area contributed by atoms with Crippen LogP contribution in [0.15, 0.2) is 23.1 Å². The fourth-order valence-electron chi connectivity index (χ4n) is 1.57. The van der Waals surface area contributed by atoms with Crippen molar-refractivity contribution in [2.75, 3.05) is 24.6 Å². The molecule has 6 heteroatoms. The highest BCUT2D eigenvalue weighted by Gasteiger charge is 2.12. The van der Waals surface area contributed by atoms with Gasteiger partial charge in [-0.2, -0.15) is 0 Å². The molecular weight excluding hydrogens is 250 g/mol. The Kier molecular flexibility index (Phi) is 5.43. The highest BCUT2D eigenvalue weighted by atomic mass is 32.2. The third kappa shape index (κ3) is 3.89. The average molecular weight is 271 g/mol. The van der Waals surface area contributed by atoms with Crippen molar-refractivity contribution in [2.24, 2.45) is 0 Å². The summed E-state index contributed by atoms with van der Waals surface area (Å²) in [6, 6.07) is 4.66. The molecule has 0 aliphatic heterocycles. The van der Waals surface area contributed by atoms with Gasteiger partial charge in [-0.3, -0.25) is 0 Å². The quantitative estimate of drug-likeness (QED) is 0.521. The third-order valence-electron chi connectivity index (χ3n) is 2.70. The van der Waals surface area contributed by atoms with E-state index in [9.17, 15) is 8.42 Å². The van der Waals surface area contributed by atoms with Gasteiger partial charge in [-0.05, 0) is 31.7 Å². The van der Waals surface area contributed by atoms with E-state index in [0.29, 0.717) is 11.4 Å². The van der Waals surface area contributed by atoms with Gasteiger partial charge < -0.3 is 11.1 Å². The van der Waals surface area contributed by atoms with E-state index in [1.807, 2.05) is 0 Å². The smallest absolute Gasteiger partial charge is 0.240 e. The molecule has 0 atom stereocenters. The van der Waals surface area contributed by atoms with E-state index in [1.165, 1.54) is 13.1 Å². The molecular formula is C12H21N3O2S. The molecule has 0 spiro atoms. The molecule has 0 heterocycles. The van der Waals surface area contributed by atoms with Crippen LogP contribution in [-0.4, -0.2) is 22.0 Å². The van der Waals surface area contributed by atoms with Gasteiger partial charge in [0.25, 0.3) is 0 Å². The lowest BCUT2D eigenvalue weighted by Crippen LogP contribution is -2.19. The second kappa shape index (κ2) is 6.61. The van der Waals surface area contributed by atoms with E-state index in [2.05, 4.69) is 17.0 Å². The number of nitrogens with two attached hydrogens (primary N) is 1. The lowest BCUT2D eigenvalue weighted by Gasteiger charge is -2.11. The van der Waals surface area contributed by atoms with Gasteiger partial charge in [-0.15, -0.1) is 0 Å². The van der Waals surface area contributed by atoms with Crippen molar-refractivity contribution < 1.29 is 8.42 Å². The van der Waals surface area contributed by atoms with Gasteiger partial charge in [-0.25, -0.2) is 13.1 Å². The van der Waals surface area contributed by atoms with Crippen molar-refractivity contribution in [3.05, 3.63) is 18.2 Å². The maximum Gasteiger partial charge on any atom is 0.240 e. The van der Waals surface area contributed by atoms with Gasteiger partial charge in [0.2, 0.25) is 10.0 Å². The van der Waals surface area contributed by atoms with Crippen molar-refractivity contribution in [2.45, 2.75) is 31.1 Å². The number of sulfonamides is 1. The van der Waals surface area contributed by atoms with Crippen LogP contribution in [0.1, 0.15) is 26.2 Å². The second-order valence-electron chi connectivity index (χ2n) is 4.09. The number of unbranched alkanes of at least 4 members (excludes halogenated alkanes) is 2. The molecule has 0 aliphatic rings. The van der Waals surface area contributed by atoms with Crippen molar-refractivity contribution in [1.29, 1.82) is 0 Å². The van der Waals surface area contributed by atoms with Crippen LogP contribution in [0.3, 0.4) is 0 Å². The Balaban J connectivity index is 2.82. The molecule has 1 aromatic carbocycles. The van der Waals surface area contributed by atoms with E-state index in [-0.39, 0.29) is 4.90 Å². The molecule has 102 valence electrons. The lowest BCUT2D eigenvalue weighted by atomic mass is 10.2. The van der Waals surface area contributed by atoms with E-state index in [0.717, 1.165) is 25.8 Å². The Morgan fingerprint density at radius 3 is 2.61 bits per heavy atom. The summed E-state index contributed by atoms with van der Waals surface area (Å²) in [4.78, 5) is 0.220. The molecule has 0 bridgehead atoms. The van der Waals surface area contributed by atoms with Crippen molar-refractivity contribution in [3.8, 4) is 0 Å². The Morgan fingerprint density at radius 1 is 1.28 bits per heavy atom. The number of hydrogen-bond donors (Lipinski definition) is 3. The molecule has 1 aromatic rings. The van der Waals surface area contributed by atoms with Crippen molar-refractivity contribution in [1.82, 2.24) is 4.72 Å². The summed E-state index contributed by atoms with van der Waals surface area (Å²) in [5.74, 6) is 0. The lowest BCUT2D eigenvalue weighted by molar-refractivity contribution is 0.588. The fraction of sp³-hybridized carbons (Fsp3) is 0.500. The summed E-state index contributed by atoms with van der Waals surface area (Å²) in [6.45, 7) is 2.93. The first-order valence-electron chi connectivity index (χ1n) is 6.08. The normalized spacial score (nSPS) is 11.4. The minimum Gasteiger partial charge on any atom is -0.397 e. The SMILES string of the molecule is CCCCCNc1cc(S(=O)(=O)NC)ccc1N. The summed E-state index contributed by atoms with van der Waals surface area (Å²) in [5, 5.41) is 3.17. The summed E-state index contributed by atoms with van der Waals surface area (Å²) in [7, 11) is -2.03. The van der Waals surface area contributed by atoms with Crippen molar-refractivity contribution >= 4 is 21.4 Å². The Hall–Kier alpha value is -1.27. The number of nitrogen functional groups attached to an aromatic ring is 1. The standard InChI is InChI=1S/C12H21N3O2S/c1-3-4-5-8-15-12-9-10(6-7-11(12)13)18(16,17)14-2/h6-7,9,14-15H,3-5,8,13H2,1-2H3. The van der Waals surface area contributed by atoms with Gasteiger partial charge in [0.15, 0.2) is 0 Å². The zero-order valence-electron chi connectivity index (χ0n) is 10.9. The summed E-state index contributed by atoms with van der Waals surface area (Å²) in [6.07, 6.45) is 3.33. The number of hydrogen-bond acceptors (Lipinski definition) is 4. The number of anilines is 2. The minimum atomic E-state index is -3.42. The van der Waals surface area contributed by atoms with E-state index in [4.69, 9.17) is 5.73 Å². The first kappa shape index (κ1) is 14.8. The van der Waals surface area contributed by atoms with Crippen LogP contribution >= 0.6 is 0 Å². The summed E-state index contributed by atoms with van der Waals surface area (Å²) >= 11 is 0. The van der Waals surface area contributed by atoms with E-state index < -0.39 is 10.0 Å². The van der Waals surface area contributed by atoms with E-state index >= 15 is 0 Å². The molecule has 18 heavy (non-hydrogen) atoms. The van der Waals surface area contributed by atoms with Gasteiger partial charge >= 0.3 is 0 Å². The molecule has 1 rings (SSSR count). The third-order valence-corrected chi connectivity index (χ3v) is 4.11. The van der Waals surface area contributed by atoms with Gasteiger partial charge in [0, 0.05) is 6.54 Å². The predicted octanol–water partition coefficient (Wildman–Crippen LogP) is 1.78. The van der Waals surface area contributed by atoms with Crippen LogP contribution in [0.25, 0.3) is 0 Å². The molecule has 0 aromatic heterocycles. The monoisotopic (exact) mass is 271 g/mol. The van der Waals surface area contributed by atoms with Gasteiger partial charge in [0.05, 0.1) is 16.3 Å². The van der Waals surface area contributed by atoms with E-state index in [1.54, 1.807) is 12.1 Å². The van der Waals surface area contributed by atoms with Gasteiger partial charge in [-0.1, -0.05) is 19.8 Å². The molecule has 0 unspecified atom stereocenters. The van der Waals surface area contributed by atoms with Crippen LogP contribution < -0.4 is 15.8 Å². The molecule has 0 amide bonds. The molecule has 0 radical (unpaired) electrons. The maximum absolute atomic E-state index is 11.7. The maximum atomic E-state index is 11.7. The molecule has 4 N–H and O–H groups in total. The average Bonchev–Trinajstić information content (AvgIpc) is 2.36. The predicted molar refractivity (Wildman–Crippen MR) is 75.1 cm³/mol. The highest BCUT2D eigenvalue weighted by Crippen LogP contribution is 2.22. The van der Waals surface area contributed by atoms with Crippen LogP contribution in [0.4, 0.5) is 11.4 Å². The highest BCUT2D eigenvalue weighted by molar-refractivity contribution is 7.89. The summed E-state index contributed by atoms with van der Waals surface area (Å²) < 4.78 is 25.6. The minimum absolute atomic E-state index is 0.220. The first-order chi connectivity index (χ1) is 8.51. The molecule has 0 aliphatic carbocycles. The number of rotatable bonds is 7. The molecule has 0 fully saturated rings. The number of benzene rings is 1. The fourth-order valence-corrected chi connectivity index (χ4v) is 2.33. The molecule has 0 saturated carbocycles.